The lowest BCUT2D eigenvalue weighted by Gasteiger charge is -2.25. The molecule has 1 unspecified atom stereocenters. The molecule has 0 aliphatic carbocycles. The van der Waals surface area contributed by atoms with Gasteiger partial charge in [-0.1, -0.05) is 48.0 Å². The number of hydrogen-bond acceptors (Lipinski definition) is 6. The zero-order valence-electron chi connectivity index (χ0n) is 18.0. The van der Waals surface area contributed by atoms with E-state index in [1.54, 1.807) is 0 Å². The molecular formula is C20H42N4O3. The van der Waals surface area contributed by atoms with Crippen molar-refractivity contribution in [3.63, 3.8) is 0 Å². The average Bonchev–Trinajstić information content (AvgIpc) is 2.56. The lowest BCUT2D eigenvalue weighted by Crippen LogP contribution is -2.53. The SMILES string of the molecule is CC(C)C[C@H](NC(C)C)C(=O)NCC(O)N[C@@H](CCCCN)C(=O)C(C)C. The van der Waals surface area contributed by atoms with Crippen molar-refractivity contribution in [2.45, 2.75) is 91.6 Å². The number of carbonyl (C=O) groups excluding carboxylic acids is 2. The molecule has 0 aliphatic rings. The summed E-state index contributed by atoms with van der Waals surface area (Å²) in [4.78, 5) is 24.8. The molecule has 0 saturated carbocycles. The van der Waals surface area contributed by atoms with Crippen LogP contribution in [0.15, 0.2) is 0 Å². The van der Waals surface area contributed by atoms with Crippen molar-refractivity contribution in [3.05, 3.63) is 0 Å². The van der Waals surface area contributed by atoms with Gasteiger partial charge in [0.05, 0.1) is 18.6 Å². The van der Waals surface area contributed by atoms with E-state index in [4.69, 9.17) is 5.73 Å². The maximum atomic E-state index is 12.5. The second-order valence-corrected chi connectivity index (χ2v) is 8.33. The van der Waals surface area contributed by atoms with Crippen LogP contribution in [0.1, 0.15) is 67.2 Å². The van der Waals surface area contributed by atoms with Crippen LogP contribution in [-0.4, -0.2) is 54.2 Å². The Morgan fingerprint density at radius 1 is 0.963 bits per heavy atom. The maximum Gasteiger partial charge on any atom is 0.237 e. The van der Waals surface area contributed by atoms with E-state index in [-0.39, 0.29) is 36.2 Å². The van der Waals surface area contributed by atoms with Crippen LogP contribution in [0, 0.1) is 11.8 Å². The minimum Gasteiger partial charge on any atom is -0.377 e. The quantitative estimate of drug-likeness (QED) is 0.213. The smallest absolute Gasteiger partial charge is 0.237 e. The van der Waals surface area contributed by atoms with Gasteiger partial charge in [-0.3, -0.25) is 14.9 Å². The van der Waals surface area contributed by atoms with E-state index in [1.165, 1.54) is 0 Å². The molecule has 0 heterocycles. The molecule has 7 nitrogen and oxygen atoms in total. The molecule has 0 aliphatic heterocycles. The van der Waals surface area contributed by atoms with Crippen LogP contribution in [0.2, 0.25) is 0 Å². The number of Topliss-reactive ketones (excluding diaryl/α,β-unsaturated/α-hetero) is 1. The van der Waals surface area contributed by atoms with Gasteiger partial charge in [-0.2, -0.15) is 0 Å². The van der Waals surface area contributed by atoms with E-state index in [1.807, 2.05) is 27.7 Å². The van der Waals surface area contributed by atoms with Crippen molar-refractivity contribution in [2.24, 2.45) is 17.6 Å². The number of hydrogen-bond donors (Lipinski definition) is 5. The Balaban J connectivity index is 4.65. The van der Waals surface area contributed by atoms with Gasteiger partial charge in [-0.05, 0) is 31.7 Å². The molecule has 3 atom stereocenters. The van der Waals surface area contributed by atoms with Crippen LogP contribution < -0.4 is 21.7 Å². The Kier molecular flexibility index (Phi) is 13.5. The third kappa shape index (κ3) is 12.1. The topological polar surface area (TPSA) is 116 Å². The van der Waals surface area contributed by atoms with Crippen LogP contribution in [0.5, 0.6) is 0 Å². The summed E-state index contributed by atoms with van der Waals surface area (Å²) in [6.07, 6.45) is 2.04. The summed E-state index contributed by atoms with van der Waals surface area (Å²) in [7, 11) is 0. The Morgan fingerprint density at radius 3 is 2.07 bits per heavy atom. The molecule has 27 heavy (non-hydrogen) atoms. The molecule has 0 saturated heterocycles. The number of carbonyl (C=O) groups is 2. The van der Waals surface area contributed by atoms with Gasteiger partial charge in [0, 0.05) is 12.0 Å². The zero-order valence-corrected chi connectivity index (χ0v) is 18.0. The molecule has 160 valence electrons. The number of unbranched alkanes of at least 4 members (excludes halogenated alkanes) is 1. The van der Waals surface area contributed by atoms with Crippen molar-refractivity contribution < 1.29 is 14.7 Å². The van der Waals surface area contributed by atoms with Crippen molar-refractivity contribution in [1.29, 1.82) is 0 Å². The Morgan fingerprint density at radius 2 is 1.59 bits per heavy atom. The normalized spacial score (nSPS) is 15.2. The summed E-state index contributed by atoms with van der Waals surface area (Å²) in [5, 5.41) is 19.3. The molecule has 0 aromatic carbocycles. The van der Waals surface area contributed by atoms with E-state index >= 15 is 0 Å². The van der Waals surface area contributed by atoms with E-state index < -0.39 is 12.3 Å². The van der Waals surface area contributed by atoms with Gasteiger partial charge in [0.25, 0.3) is 0 Å². The predicted octanol–water partition coefficient (Wildman–Crippen LogP) is 1.15. The number of amides is 1. The van der Waals surface area contributed by atoms with Crippen LogP contribution in [0.4, 0.5) is 0 Å². The van der Waals surface area contributed by atoms with Gasteiger partial charge < -0.3 is 21.5 Å². The van der Waals surface area contributed by atoms with Gasteiger partial charge >= 0.3 is 0 Å². The van der Waals surface area contributed by atoms with Crippen LogP contribution in [-0.2, 0) is 9.59 Å². The lowest BCUT2D eigenvalue weighted by molar-refractivity contribution is -0.125. The highest BCUT2D eigenvalue weighted by Gasteiger charge is 2.24. The van der Waals surface area contributed by atoms with Gasteiger partial charge in [-0.25, -0.2) is 0 Å². The highest BCUT2D eigenvalue weighted by Crippen LogP contribution is 2.09. The molecule has 0 aromatic rings. The van der Waals surface area contributed by atoms with Gasteiger partial charge in [0.2, 0.25) is 5.91 Å². The third-order valence-electron chi connectivity index (χ3n) is 4.28. The molecule has 1 amide bonds. The Hall–Kier alpha value is -1.02. The van der Waals surface area contributed by atoms with Crippen LogP contribution in [0.25, 0.3) is 0 Å². The molecule has 0 aromatic heterocycles. The molecule has 0 fully saturated rings. The van der Waals surface area contributed by atoms with E-state index in [9.17, 15) is 14.7 Å². The fourth-order valence-corrected chi connectivity index (χ4v) is 2.94. The first-order valence-electron chi connectivity index (χ1n) is 10.3. The highest BCUT2D eigenvalue weighted by molar-refractivity contribution is 5.85. The largest absolute Gasteiger partial charge is 0.377 e. The van der Waals surface area contributed by atoms with Crippen LogP contribution >= 0.6 is 0 Å². The fourth-order valence-electron chi connectivity index (χ4n) is 2.94. The molecule has 0 spiro atoms. The summed E-state index contributed by atoms with van der Waals surface area (Å²) >= 11 is 0. The third-order valence-corrected chi connectivity index (χ3v) is 4.28. The molecule has 0 bridgehead atoms. The average molecular weight is 387 g/mol. The summed E-state index contributed by atoms with van der Waals surface area (Å²) in [6.45, 7) is 12.5. The van der Waals surface area contributed by atoms with E-state index in [0.29, 0.717) is 18.9 Å². The zero-order chi connectivity index (χ0) is 21.0. The first-order valence-corrected chi connectivity index (χ1v) is 10.3. The fraction of sp³-hybridized carbons (Fsp3) is 0.900. The highest BCUT2D eigenvalue weighted by atomic mass is 16.3. The van der Waals surface area contributed by atoms with Crippen molar-refractivity contribution in [3.8, 4) is 0 Å². The second kappa shape index (κ2) is 14.0. The molecule has 6 N–H and O–H groups in total. The summed E-state index contributed by atoms with van der Waals surface area (Å²) < 4.78 is 0. The Labute approximate surface area is 165 Å². The van der Waals surface area contributed by atoms with Crippen molar-refractivity contribution in [1.82, 2.24) is 16.0 Å². The van der Waals surface area contributed by atoms with Gasteiger partial charge in [0.15, 0.2) is 5.78 Å². The standard InChI is InChI=1S/C20H42N4O3/c1-13(2)11-17(23-15(5)6)20(27)22-12-18(25)24-16(9-7-8-10-21)19(26)14(3)4/h13-18,23-25H,7-12,21H2,1-6H3,(H,22,27)/t16-,17-,18?/m0/s1. The lowest BCUT2D eigenvalue weighted by atomic mass is 9.97. The second-order valence-electron chi connectivity index (χ2n) is 8.33. The predicted molar refractivity (Wildman–Crippen MR) is 110 cm³/mol. The molecule has 0 rings (SSSR count). The molecular weight excluding hydrogens is 344 g/mol. The number of nitrogens with two attached hydrogens (primary N) is 1. The summed E-state index contributed by atoms with van der Waals surface area (Å²) in [6, 6.07) is -0.531. The minimum atomic E-state index is -0.974. The number of nitrogens with one attached hydrogen (secondary N) is 3. The van der Waals surface area contributed by atoms with Crippen molar-refractivity contribution >= 4 is 11.7 Å². The van der Waals surface area contributed by atoms with Gasteiger partial charge in [0.1, 0.15) is 6.23 Å². The summed E-state index contributed by atoms with van der Waals surface area (Å²) in [5.41, 5.74) is 5.52. The van der Waals surface area contributed by atoms with E-state index in [2.05, 4.69) is 29.8 Å². The molecule has 0 radical (unpaired) electrons. The van der Waals surface area contributed by atoms with Crippen LogP contribution in [0.3, 0.4) is 0 Å². The number of rotatable bonds is 15. The molecule has 7 heteroatoms. The first kappa shape index (κ1) is 26.0. The number of ketones is 1. The van der Waals surface area contributed by atoms with Crippen molar-refractivity contribution in [2.75, 3.05) is 13.1 Å². The summed E-state index contributed by atoms with van der Waals surface area (Å²) in [5.74, 6) is 0.197. The Bertz CT molecular complexity index is 417. The minimum absolute atomic E-state index is 0.0615. The van der Waals surface area contributed by atoms with Gasteiger partial charge in [-0.15, -0.1) is 0 Å². The monoisotopic (exact) mass is 386 g/mol. The first-order chi connectivity index (χ1) is 12.6. The number of aliphatic hydroxyl groups excluding tert-OH is 1. The van der Waals surface area contributed by atoms with E-state index in [0.717, 1.165) is 19.3 Å². The maximum absolute atomic E-state index is 12.5. The number of aliphatic hydroxyl groups is 1.